The highest BCUT2D eigenvalue weighted by Crippen LogP contribution is 2.10. The van der Waals surface area contributed by atoms with Gasteiger partial charge in [0.15, 0.2) is 0 Å². The fraction of sp³-hybridized carbons (Fsp3) is 0.615. The molecule has 17 heavy (non-hydrogen) atoms. The highest BCUT2D eigenvalue weighted by Gasteiger charge is 2.19. The summed E-state index contributed by atoms with van der Waals surface area (Å²) in [6.45, 7) is 3.49. The lowest BCUT2D eigenvalue weighted by Gasteiger charge is -2.13. The quantitative estimate of drug-likeness (QED) is 0.835. The molecule has 0 saturated carbocycles. The third kappa shape index (κ3) is 3.33. The van der Waals surface area contributed by atoms with E-state index in [-0.39, 0.29) is 11.9 Å². The van der Waals surface area contributed by atoms with Crippen molar-refractivity contribution >= 4 is 5.91 Å². The number of carbonyl (C=O) groups is 1. The van der Waals surface area contributed by atoms with Gasteiger partial charge in [0.25, 0.3) is 0 Å². The van der Waals surface area contributed by atoms with Crippen LogP contribution in [-0.2, 0) is 17.8 Å². The molecule has 2 rings (SSSR count). The maximum Gasteiger partial charge on any atom is 0.237 e. The molecule has 4 heteroatoms. The van der Waals surface area contributed by atoms with Crippen molar-refractivity contribution in [3.63, 3.8) is 0 Å². The summed E-state index contributed by atoms with van der Waals surface area (Å²) in [6.07, 6.45) is 3.98. The number of carbonyl (C=O) groups excluding carboxylic acids is 1. The van der Waals surface area contributed by atoms with Gasteiger partial charge in [0.2, 0.25) is 5.91 Å². The van der Waals surface area contributed by atoms with Crippen LogP contribution in [0.3, 0.4) is 0 Å². The Morgan fingerprint density at radius 2 is 2.24 bits per heavy atom. The summed E-state index contributed by atoms with van der Waals surface area (Å²) in [5, 5.41) is 6.17. The highest BCUT2D eigenvalue weighted by atomic mass is 16.3. The zero-order valence-electron chi connectivity index (χ0n) is 10.3. The van der Waals surface area contributed by atoms with Crippen LogP contribution in [0.2, 0.25) is 0 Å². The van der Waals surface area contributed by atoms with Crippen molar-refractivity contribution in [3.8, 4) is 0 Å². The van der Waals surface area contributed by atoms with Crippen LogP contribution in [0.5, 0.6) is 0 Å². The van der Waals surface area contributed by atoms with Crippen molar-refractivity contribution in [3.05, 3.63) is 23.7 Å². The molecule has 0 bridgehead atoms. The Hall–Kier alpha value is -1.29. The molecule has 0 radical (unpaired) electrons. The van der Waals surface area contributed by atoms with Gasteiger partial charge in [-0.05, 0) is 31.4 Å². The standard InChI is InChI=1S/C13H20N2O2/c1-2-10-6-7-11(17-10)9-15-12-5-3-4-8-14-13(12)16/h6-7,12,15H,2-5,8-9H2,1H3,(H,14,16). The fourth-order valence-corrected chi connectivity index (χ4v) is 2.07. The van der Waals surface area contributed by atoms with Crippen LogP contribution < -0.4 is 10.6 Å². The molecule has 1 aromatic heterocycles. The highest BCUT2D eigenvalue weighted by molar-refractivity contribution is 5.81. The van der Waals surface area contributed by atoms with Crippen molar-refractivity contribution < 1.29 is 9.21 Å². The van der Waals surface area contributed by atoms with Crippen molar-refractivity contribution in [2.24, 2.45) is 0 Å². The number of hydrogen-bond donors (Lipinski definition) is 2. The monoisotopic (exact) mass is 236 g/mol. The van der Waals surface area contributed by atoms with Crippen LogP contribution >= 0.6 is 0 Å². The summed E-state index contributed by atoms with van der Waals surface area (Å²) >= 11 is 0. The first-order valence-corrected chi connectivity index (χ1v) is 6.38. The molecule has 0 aromatic carbocycles. The maximum atomic E-state index is 11.7. The second kappa shape index (κ2) is 5.87. The lowest BCUT2D eigenvalue weighted by atomic mass is 10.1. The Bertz CT molecular complexity index is 373. The maximum absolute atomic E-state index is 11.7. The van der Waals surface area contributed by atoms with Crippen LogP contribution in [0.1, 0.15) is 37.7 Å². The molecule has 1 unspecified atom stereocenters. The van der Waals surface area contributed by atoms with E-state index in [2.05, 4.69) is 17.6 Å². The molecule has 94 valence electrons. The minimum Gasteiger partial charge on any atom is -0.465 e. The first-order chi connectivity index (χ1) is 8.29. The van der Waals surface area contributed by atoms with Crippen LogP contribution in [-0.4, -0.2) is 18.5 Å². The average molecular weight is 236 g/mol. The Morgan fingerprint density at radius 1 is 1.41 bits per heavy atom. The Kier molecular flexibility index (Phi) is 4.20. The third-order valence-corrected chi connectivity index (χ3v) is 3.12. The van der Waals surface area contributed by atoms with E-state index in [9.17, 15) is 4.79 Å². The molecule has 1 aromatic rings. The largest absolute Gasteiger partial charge is 0.465 e. The molecule has 1 aliphatic heterocycles. The average Bonchev–Trinajstić information content (AvgIpc) is 2.70. The van der Waals surface area contributed by atoms with Gasteiger partial charge in [-0.3, -0.25) is 10.1 Å². The zero-order valence-corrected chi connectivity index (χ0v) is 10.3. The predicted molar refractivity (Wildman–Crippen MR) is 65.6 cm³/mol. The Morgan fingerprint density at radius 3 is 3.00 bits per heavy atom. The topological polar surface area (TPSA) is 54.3 Å². The van der Waals surface area contributed by atoms with Crippen molar-refractivity contribution in [2.45, 2.75) is 45.2 Å². The third-order valence-electron chi connectivity index (χ3n) is 3.12. The fourth-order valence-electron chi connectivity index (χ4n) is 2.07. The number of nitrogens with one attached hydrogen (secondary N) is 2. The van der Waals surface area contributed by atoms with Crippen LogP contribution in [0.15, 0.2) is 16.5 Å². The molecule has 0 aliphatic carbocycles. The van der Waals surface area contributed by atoms with Gasteiger partial charge in [-0.15, -0.1) is 0 Å². The number of hydrogen-bond acceptors (Lipinski definition) is 3. The van der Waals surface area contributed by atoms with E-state index in [0.29, 0.717) is 6.54 Å². The molecule has 2 heterocycles. The molecule has 1 aliphatic rings. The van der Waals surface area contributed by atoms with Crippen molar-refractivity contribution in [1.29, 1.82) is 0 Å². The molecule has 1 fully saturated rings. The summed E-state index contributed by atoms with van der Waals surface area (Å²) in [7, 11) is 0. The summed E-state index contributed by atoms with van der Waals surface area (Å²) < 4.78 is 5.60. The molecule has 0 spiro atoms. The van der Waals surface area contributed by atoms with E-state index in [4.69, 9.17) is 4.42 Å². The van der Waals surface area contributed by atoms with Crippen molar-refractivity contribution in [1.82, 2.24) is 10.6 Å². The summed E-state index contributed by atoms with van der Waals surface area (Å²) in [4.78, 5) is 11.7. The lowest BCUT2D eigenvalue weighted by Crippen LogP contribution is -2.42. The summed E-state index contributed by atoms with van der Waals surface area (Å²) in [5.41, 5.74) is 0. The number of aryl methyl sites for hydroxylation is 1. The molecular formula is C13H20N2O2. The first-order valence-electron chi connectivity index (χ1n) is 6.38. The van der Waals surface area contributed by atoms with Gasteiger partial charge < -0.3 is 9.73 Å². The van der Waals surface area contributed by atoms with Gasteiger partial charge in [-0.2, -0.15) is 0 Å². The second-order valence-electron chi connectivity index (χ2n) is 4.44. The molecule has 1 saturated heterocycles. The van der Waals surface area contributed by atoms with Crippen molar-refractivity contribution in [2.75, 3.05) is 6.54 Å². The minimum atomic E-state index is -0.0762. The normalized spacial score (nSPS) is 21.0. The van der Waals surface area contributed by atoms with Crippen LogP contribution in [0.4, 0.5) is 0 Å². The SMILES string of the molecule is CCc1ccc(CNC2CCCCNC2=O)o1. The van der Waals surface area contributed by atoms with E-state index < -0.39 is 0 Å². The molecule has 1 atom stereocenters. The van der Waals surface area contributed by atoms with Crippen LogP contribution in [0, 0.1) is 0 Å². The van der Waals surface area contributed by atoms with Gasteiger partial charge in [0, 0.05) is 13.0 Å². The Labute approximate surface area is 102 Å². The predicted octanol–water partition coefficient (Wildman–Crippen LogP) is 1.60. The van der Waals surface area contributed by atoms with Crippen LogP contribution in [0.25, 0.3) is 0 Å². The summed E-state index contributed by atoms with van der Waals surface area (Å²) in [6, 6.07) is 3.89. The number of amides is 1. The van der Waals surface area contributed by atoms with Gasteiger partial charge in [0.05, 0.1) is 12.6 Å². The van der Waals surface area contributed by atoms with Gasteiger partial charge in [-0.25, -0.2) is 0 Å². The molecule has 2 N–H and O–H groups in total. The van der Waals surface area contributed by atoms with Gasteiger partial charge >= 0.3 is 0 Å². The van der Waals surface area contributed by atoms with E-state index in [1.165, 1.54) is 0 Å². The summed E-state index contributed by atoms with van der Waals surface area (Å²) in [5.74, 6) is 2.01. The molecular weight excluding hydrogens is 216 g/mol. The number of rotatable bonds is 4. The van der Waals surface area contributed by atoms with E-state index >= 15 is 0 Å². The van der Waals surface area contributed by atoms with E-state index in [1.807, 2.05) is 12.1 Å². The first kappa shape index (κ1) is 12.2. The number of furan rings is 1. The zero-order chi connectivity index (χ0) is 12.1. The van der Waals surface area contributed by atoms with Gasteiger partial charge in [0.1, 0.15) is 11.5 Å². The smallest absolute Gasteiger partial charge is 0.237 e. The van der Waals surface area contributed by atoms with E-state index in [1.54, 1.807) is 0 Å². The Balaban J connectivity index is 1.85. The molecule has 1 amide bonds. The molecule has 4 nitrogen and oxygen atoms in total. The second-order valence-corrected chi connectivity index (χ2v) is 4.44. The minimum absolute atomic E-state index is 0.0762. The van der Waals surface area contributed by atoms with E-state index in [0.717, 1.165) is 43.7 Å². The van der Waals surface area contributed by atoms with Gasteiger partial charge in [-0.1, -0.05) is 6.92 Å². The lowest BCUT2D eigenvalue weighted by molar-refractivity contribution is -0.122.